The van der Waals surface area contributed by atoms with Crippen LogP contribution in [-0.2, 0) is 19.1 Å². The van der Waals surface area contributed by atoms with E-state index in [9.17, 15) is 9.59 Å². The molecule has 0 heterocycles. The van der Waals surface area contributed by atoms with Crippen LogP contribution in [0, 0.1) is 0 Å². The average Bonchev–Trinajstić information content (AvgIpc) is 2.61. The van der Waals surface area contributed by atoms with Crippen molar-refractivity contribution in [3.05, 3.63) is 24.3 Å². The van der Waals surface area contributed by atoms with Crippen LogP contribution in [0.3, 0.4) is 0 Å². The van der Waals surface area contributed by atoms with E-state index in [2.05, 4.69) is 13.2 Å². The Morgan fingerprint density at radius 3 is 1.27 bits per heavy atom. The molecule has 0 saturated heterocycles. The molecule has 4 heteroatoms. The fraction of sp³-hybridized carbons (Fsp3) is 0.727. The number of esters is 2. The summed E-state index contributed by atoms with van der Waals surface area (Å²) in [6, 6.07) is 0. The molecule has 2 saturated carbocycles. The van der Waals surface area contributed by atoms with Gasteiger partial charge in [0, 0.05) is 11.1 Å². The summed E-state index contributed by atoms with van der Waals surface area (Å²) in [7, 11) is 0. The Morgan fingerprint density at radius 1 is 0.692 bits per heavy atom. The molecule has 0 spiro atoms. The SMILES string of the molecule is C=C(C)C(=O)OC1(CCC2(OC(=O)C(=C)C)CCCCC2)CCCCC1. The Bertz CT molecular complexity index is 498. The van der Waals surface area contributed by atoms with Crippen molar-refractivity contribution < 1.29 is 19.1 Å². The summed E-state index contributed by atoms with van der Waals surface area (Å²) in [6.45, 7) is 10.8. The van der Waals surface area contributed by atoms with E-state index >= 15 is 0 Å². The highest BCUT2D eigenvalue weighted by molar-refractivity contribution is 5.87. The van der Waals surface area contributed by atoms with Crippen molar-refractivity contribution in [1.82, 2.24) is 0 Å². The molecule has 0 aromatic heterocycles. The summed E-state index contributed by atoms with van der Waals surface area (Å²) >= 11 is 0. The van der Waals surface area contributed by atoms with E-state index in [-0.39, 0.29) is 11.9 Å². The van der Waals surface area contributed by atoms with Gasteiger partial charge in [-0.25, -0.2) is 9.59 Å². The van der Waals surface area contributed by atoms with Crippen molar-refractivity contribution in [1.29, 1.82) is 0 Å². The van der Waals surface area contributed by atoms with Gasteiger partial charge in [0.05, 0.1) is 0 Å². The van der Waals surface area contributed by atoms with Gasteiger partial charge in [-0.1, -0.05) is 26.0 Å². The Labute approximate surface area is 158 Å². The molecular weight excluding hydrogens is 328 g/mol. The zero-order valence-corrected chi connectivity index (χ0v) is 16.5. The van der Waals surface area contributed by atoms with Gasteiger partial charge in [0.1, 0.15) is 11.2 Å². The van der Waals surface area contributed by atoms with E-state index in [1.165, 1.54) is 12.8 Å². The average molecular weight is 363 g/mol. The van der Waals surface area contributed by atoms with E-state index in [4.69, 9.17) is 9.47 Å². The van der Waals surface area contributed by atoms with Gasteiger partial charge in [0.25, 0.3) is 0 Å². The maximum absolute atomic E-state index is 12.2. The van der Waals surface area contributed by atoms with Gasteiger partial charge in [-0.3, -0.25) is 0 Å². The third-order valence-corrected chi connectivity index (χ3v) is 5.88. The largest absolute Gasteiger partial charge is 0.456 e. The maximum atomic E-state index is 12.2. The van der Waals surface area contributed by atoms with Gasteiger partial charge in [-0.2, -0.15) is 0 Å². The van der Waals surface area contributed by atoms with Gasteiger partial charge in [0.2, 0.25) is 0 Å². The third-order valence-electron chi connectivity index (χ3n) is 5.88. The maximum Gasteiger partial charge on any atom is 0.333 e. The first-order valence-corrected chi connectivity index (χ1v) is 10.1. The first-order chi connectivity index (χ1) is 12.3. The molecule has 0 bridgehead atoms. The molecular formula is C22H34O4. The molecule has 4 nitrogen and oxygen atoms in total. The topological polar surface area (TPSA) is 52.6 Å². The van der Waals surface area contributed by atoms with Crippen molar-refractivity contribution >= 4 is 11.9 Å². The smallest absolute Gasteiger partial charge is 0.333 e. The quantitative estimate of drug-likeness (QED) is 0.449. The monoisotopic (exact) mass is 362 g/mol. The van der Waals surface area contributed by atoms with Gasteiger partial charge in [-0.05, 0) is 78.1 Å². The van der Waals surface area contributed by atoms with E-state index < -0.39 is 11.2 Å². The standard InChI is InChI=1S/C22H34O4/c1-17(2)19(23)25-21(11-7-5-8-12-21)15-16-22(13-9-6-10-14-22)26-20(24)18(3)4/h1,3,5-16H2,2,4H3. The van der Waals surface area contributed by atoms with Crippen LogP contribution in [0.1, 0.15) is 90.9 Å². The molecule has 0 N–H and O–H groups in total. The lowest BCUT2D eigenvalue weighted by Crippen LogP contribution is -2.43. The molecule has 2 fully saturated rings. The highest BCUT2D eigenvalue weighted by Crippen LogP contribution is 2.42. The summed E-state index contributed by atoms with van der Waals surface area (Å²) in [6.07, 6.45) is 11.7. The van der Waals surface area contributed by atoms with Crippen LogP contribution in [0.25, 0.3) is 0 Å². The predicted octanol–water partition coefficient (Wildman–Crippen LogP) is 5.41. The Kier molecular flexibility index (Phi) is 7.08. The van der Waals surface area contributed by atoms with Crippen LogP contribution in [0.15, 0.2) is 24.3 Å². The van der Waals surface area contributed by atoms with E-state index in [0.717, 1.165) is 64.2 Å². The van der Waals surface area contributed by atoms with Gasteiger partial charge in [0.15, 0.2) is 0 Å². The van der Waals surface area contributed by atoms with Gasteiger partial charge in [-0.15, -0.1) is 0 Å². The predicted molar refractivity (Wildman–Crippen MR) is 103 cm³/mol. The van der Waals surface area contributed by atoms with Crippen molar-refractivity contribution in [3.63, 3.8) is 0 Å². The zero-order chi connectivity index (χ0) is 19.2. The number of hydrogen-bond donors (Lipinski definition) is 0. The van der Waals surface area contributed by atoms with Crippen molar-refractivity contribution in [2.45, 2.75) is 102 Å². The van der Waals surface area contributed by atoms with Crippen LogP contribution < -0.4 is 0 Å². The minimum absolute atomic E-state index is 0.302. The molecule has 146 valence electrons. The molecule has 26 heavy (non-hydrogen) atoms. The molecule has 2 rings (SSSR count). The van der Waals surface area contributed by atoms with Crippen molar-refractivity contribution in [3.8, 4) is 0 Å². The van der Waals surface area contributed by atoms with Crippen LogP contribution in [0.4, 0.5) is 0 Å². The van der Waals surface area contributed by atoms with E-state index in [1.807, 2.05) is 0 Å². The number of carbonyl (C=O) groups is 2. The second-order valence-corrected chi connectivity index (χ2v) is 8.33. The molecule has 2 aliphatic carbocycles. The highest BCUT2D eigenvalue weighted by Gasteiger charge is 2.42. The summed E-state index contributed by atoms with van der Waals surface area (Å²) in [5.41, 5.74) is 0.00925. The normalized spacial score (nSPS) is 21.5. The number of rotatable bonds is 7. The summed E-state index contributed by atoms with van der Waals surface area (Å²) in [5, 5.41) is 0. The molecule has 0 aromatic rings. The molecule has 0 unspecified atom stereocenters. The Hall–Kier alpha value is -1.58. The highest BCUT2D eigenvalue weighted by atomic mass is 16.6. The lowest BCUT2D eigenvalue weighted by atomic mass is 9.75. The van der Waals surface area contributed by atoms with Crippen LogP contribution in [0.5, 0.6) is 0 Å². The minimum Gasteiger partial charge on any atom is -0.456 e. The number of hydrogen-bond acceptors (Lipinski definition) is 4. The van der Waals surface area contributed by atoms with Gasteiger partial charge >= 0.3 is 11.9 Å². The fourth-order valence-corrected chi connectivity index (χ4v) is 4.22. The Balaban J connectivity index is 2.12. The number of carbonyl (C=O) groups excluding carboxylic acids is 2. The second-order valence-electron chi connectivity index (χ2n) is 8.33. The van der Waals surface area contributed by atoms with Crippen LogP contribution in [0.2, 0.25) is 0 Å². The molecule has 0 aliphatic heterocycles. The first kappa shape index (κ1) is 20.7. The third kappa shape index (κ3) is 5.46. The summed E-state index contributed by atoms with van der Waals surface area (Å²) in [5.74, 6) is -0.605. The molecule has 0 radical (unpaired) electrons. The molecule has 0 atom stereocenters. The summed E-state index contributed by atoms with van der Waals surface area (Å²) in [4.78, 5) is 24.4. The van der Waals surface area contributed by atoms with Crippen molar-refractivity contribution in [2.75, 3.05) is 0 Å². The molecule has 0 aromatic carbocycles. The van der Waals surface area contributed by atoms with Crippen LogP contribution >= 0.6 is 0 Å². The number of ether oxygens (including phenoxy) is 2. The van der Waals surface area contributed by atoms with Crippen molar-refractivity contribution in [2.24, 2.45) is 0 Å². The first-order valence-electron chi connectivity index (χ1n) is 10.1. The molecule has 2 aliphatic rings. The zero-order valence-electron chi connectivity index (χ0n) is 16.5. The van der Waals surface area contributed by atoms with Crippen LogP contribution in [-0.4, -0.2) is 23.1 Å². The lowest BCUT2D eigenvalue weighted by Gasteiger charge is -2.42. The molecule has 0 amide bonds. The van der Waals surface area contributed by atoms with Gasteiger partial charge < -0.3 is 9.47 Å². The summed E-state index contributed by atoms with van der Waals surface area (Å²) < 4.78 is 11.9. The van der Waals surface area contributed by atoms with E-state index in [1.54, 1.807) is 13.8 Å². The second kappa shape index (κ2) is 8.88. The lowest BCUT2D eigenvalue weighted by molar-refractivity contribution is -0.169. The van der Waals surface area contributed by atoms with E-state index in [0.29, 0.717) is 11.1 Å². The minimum atomic E-state index is -0.436. The fourth-order valence-electron chi connectivity index (χ4n) is 4.22. The Morgan fingerprint density at radius 2 is 1.00 bits per heavy atom.